The summed E-state index contributed by atoms with van der Waals surface area (Å²) in [6.07, 6.45) is -0.547. The predicted molar refractivity (Wildman–Crippen MR) is 72.2 cm³/mol. The van der Waals surface area contributed by atoms with Gasteiger partial charge in [0.2, 0.25) is 0 Å². The van der Waals surface area contributed by atoms with Crippen molar-refractivity contribution in [2.45, 2.75) is 6.42 Å². The molecule has 0 aromatic heterocycles. The molecule has 2 rings (SSSR count). The van der Waals surface area contributed by atoms with Gasteiger partial charge < -0.3 is 10.2 Å². The Labute approximate surface area is 126 Å². The molecular formula is C13H8F2N2O6. The molecule has 10 heteroatoms. The Morgan fingerprint density at radius 1 is 0.826 bits per heavy atom. The molecule has 0 fully saturated rings. The van der Waals surface area contributed by atoms with E-state index < -0.39 is 50.8 Å². The van der Waals surface area contributed by atoms with Gasteiger partial charge in [0.1, 0.15) is 11.6 Å². The van der Waals surface area contributed by atoms with Crippen molar-refractivity contribution in [3.63, 3.8) is 0 Å². The maximum absolute atomic E-state index is 13.4. The van der Waals surface area contributed by atoms with Gasteiger partial charge >= 0.3 is 11.4 Å². The smallest absolute Gasteiger partial charge is 0.313 e. The molecule has 0 aliphatic carbocycles. The second-order valence-corrected chi connectivity index (χ2v) is 4.56. The van der Waals surface area contributed by atoms with Crippen LogP contribution in [0.25, 0.3) is 0 Å². The number of halogens is 2. The minimum atomic E-state index is -1.03. The molecule has 2 N–H and O–H groups in total. The van der Waals surface area contributed by atoms with Crippen molar-refractivity contribution in [3.8, 4) is 11.5 Å². The lowest BCUT2D eigenvalue weighted by atomic mass is 10.0. The molecule has 2 aromatic rings. The summed E-state index contributed by atoms with van der Waals surface area (Å²) in [6.45, 7) is 0. The zero-order chi connectivity index (χ0) is 17.3. The third-order valence-electron chi connectivity index (χ3n) is 3.04. The molecule has 2 aromatic carbocycles. The Morgan fingerprint density at radius 3 is 1.48 bits per heavy atom. The van der Waals surface area contributed by atoms with Gasteiger partial charge in [-0.05, 0) is 12.1 Å². The van der Waals surface area contributed by atoms with Crippen LogP contribution in [0.5, 0.6) is 11.5 Å². The SMILES string of the molecule is O=[N+]([O-])c1cc(F)cc(Cc2cc(F)cc([N+](=O)[O-])c2O)c1O. The van der Waals surface area contributed by atoms with Crippen LogP contribution in [0.3, 0.4) is 0 Å². The van der Waals surface area contributed by atoms with Crippen molar-refractivity contribution in [1.82, 2.24) is 0 Å². The van der Waals surface area contributed by atoms with Crippen molar-refractivity contribution in [3.05, 3.63) is 67.3 Å². The summed E-state index contributed by atoms with van der Waals surface area (Å²) in [5.41, 5.74) is -2.48. The monoisotopic (exact) mass is 326 g/mol. The van der Waals surface area contributed by atoms with E-state index in [0.717, 1.165) is 12.1 Å². The number of nitrogens with zero attached hydrogens (tertiary/aromatic N) is 2. The molecule has 23 heavy (non-hydrogen) atoms. The molecule has 0 bridgehead atoms. The fourth-order valence-corrected chi connectivity index (χ4v) is 2.03. The van der Waals surface area contributed by atoms with Gasteiger partial charge in [-0.2, -0.15) is 0 Å². The van der Waals surface area contributed by atoms with E-state index in [1.807, 2.05) is 0 Å². The standard InChI is InChI=1S/C13H8F2N2O6/c14-8-2-6(12(18)10(4-8)16(20)21)1-7-3-9(15)5-11(13(7)19)17(22)23/h2-5,18-19H,1H2. The van der Waals surface area contributed by atoms with Crippen molar-refractivity contribution >= 4 is 11.4 Å². The van der Waals surface area contributed by atoms with Gasteiger partial charge in [0.25, 0.3) is 0 Å². The average Bonchev–Trinajstić information content (AvgIpc) is 2.45. The zero-order valence-electron chi connectivity index (χ0n) is 11.2. The highest BCUT2D eigenvalue weighted by molar-refractivity contribution is 5.56. The summed E-state index contributed by atoms with van der Waals surface area (Å²) >= 11 is 0. The van der Waals surface area contributed by atoms with Gasteiger partial charge in [0.15, 0.2) is 11.5 Å². The van der Waals surface area contributed by atoms with E-state index in [1.165, 1.54) is 0 Å². The molecule has 0 amide bonds. The number of rotatable bonds is 4. The van der Waals surface area contributed by atoms with Crippen molar-refractivity contribution < 1.29 is 28.8 Å². The number of nitro benzene ring substituents is 2. The topological polar surface area (TPSA) is 127 Å². The molecule has 0 aliphatic heterocycles. The Hall–Kier alpha value is -3.30. The fourth-order valence-electron chi connectivity index (χ4n) is 2.03. The van der Waals surface area contributed by atoms with Crippen molar-refractivity contribution in [1.29, 1.82) is 0 Å². The number of aromatic hydroxyl groups is 2. The third kappa shape index (κ3) is 3.15. The largest absolute Gasteiger partial charge is 0.502 e. The molecule has 0 heterocycles. The van der Waals surface area contributed by atoms with Gasteiger partial charge in [0, 0.05) is 17.5 Å². The van der Waals surface area contributed by atoms with Crippen LogP contribution < -0.4 is 0 Å². The molecule has 8 nitrogen and oxygen atoms in total. The summed E-state index contributed by atoms with van der Waals surface area (Å²) in [5, 5.41) is 41.0. The highest BCUT2D eigenvalue weighted by Crippen LogP contribution is 2.36. The molecule has 0 atom stereocenters. The minimum absolute atomic E-state index is 0.327. The second kappa shape index (κ2) is 5.83. The van der Waals surface area contributed by atoms with Crippen molar-refractivity contribution in [2.24, 2.45) is 0 Å². The number of hydrogen-bond acceptors (Lipinski definition) is 6. The molecule has 0 unspecified atom stereocenters. The molecule has 0 radical (unpaired) electrons. The normalized spacial score (nSPS) is 10.5. The number of phenolic OH excluding ortho intramolecular Hbond substituents is 2. The van der Waals surface area contributed by atoms with Gasteiger partial charge in [-0.3, -0.25) is 20.2 Å². The van der Waals surface area contributed by atoms with Gasteiger partial charge in [-0.1, -0.05) is 0 Å². The Kier molecular flexibility index (Phi) is 4.08. The zero-order valence-corrected chi connectivity index (χ0v) is 11.2. The number of phenols is 2. The first-order chi connectivity index (χ1) is 10.7. The van der Waals surface area contributed by atoms with E-state index in [2.05, 4.69) is 0 Å². The molecule has 120 valence electrons. The van der Waals surface area contributed by atoms with E-state index >= 15 is 0 Å². The first-order valence-corrected chi connectivity index (χ1v) is 6.02. The Morgan fingerprint density at radius 2 is 1.17 bits per heavy atom. The van der Waals surface area contributed by atoms with Crippen LogP contribution >= 0.6 is 0 Å². The summed E-state index contributed by atoms with van der Waals surface area (Å²) < 4.78 is 26.8. The van der Waals surface area contributed by atoms with E-state index in [1.54, 1.807) is 0 Å². The van der Waals surface area contributed by atoms with E-state index in [0.29, 0.717) is 12.1 Å². The third-order valence-corrected chi connectivity index (χ3v) is 3.04. The van der Waals surface area contributed by atoms with Gasteiger partial charge in [0.05, 0.1) is 22.0 Å². The quantitative estimate of drug-likeness (QED) is 0.657. The number of nitro groups is 2. The van der Waals surface area contributed by atoms with E-state index in [-0.39, 0.29) is 11.1 Å². The van der Waals surface area contributed by atoms with Crippen molar-refractivity contribution in [2.75, 3.05) is 0 Å². The highest BCUT2D eigenvalue weighted by atomic mass is 19.1. The number of benzene rings is 2. The van der Waals surface area contributed by atoms with Crippen LogP contribution in [-0.2, 0) is 6.42 Å². The summed E-state index contributed by atoms with van der Waals surface area (Å²) in [5.74, 6) is -3.81. The van der Waals surface area contributed by atoms with Crippen LogP contribution in [-0.4, -0.2) is 20.1 Å². The second-order valence-electron chi connectivity index (χ2n) is 4.56. The lowest BCUT2D eigenvalue weighted by Gasteiger charge is -2.08. The lowest BCUT2D eigenvalue weighted by molar-refractivity contribution is -0.386. The molecule has 0 saturated heterocycles. The van der Waals surface area contributed by atoms with Crippen LogP contribution in [0.2, 0.25) is 0 Å². The van der Waals surface area contributed by atoms with Gasteiger partial charge in [-0.15, -0.1) is 0 Å². The first-order valence-electron chi connectivity index (χ1n) is 6.02. The molecule has 0 saturated carbocycles. The number of hydrogen-bond donors (Lipinski definition) is 2. The fraction of sp³-hybridized carbons (Fsp3) is 0.0769. The Balaban J connectivity index is 2.56. The Bertz CT molecular complexity index is 757. The van der Waals surface area contributed by atoms with Crippen LogP contribution in [0.4, 0.5) is 20.2 Å². The highest BCUT2D eigenvalue weighted by Gasteiger charge is 2.23. The molecule has 0 spiro atoms. The lowest BCUT2D eigenvalue weighted by Crippen LogP contribution is -1.99. The predicted octanol–water partition coefficient (Wildman–Crippen LogP) is 2.78. The summed E-state index contributed by atoms with van der Waals surface area (Å²) in [4.78, 5) is 19.4. The van der Waals surface area contributed by atoms with Crippen LogP contribution in [0.15, 0.2) is 24.3 Å². The minimum Gasteiger partial charge on any atom is -0.502 e. The van der Waals surface area contributed by atoms with Crippen LogP contribution in [0, 0.1) is 31.9 Å². The summed E-state index contributed by atoms with van der Waals surface area (Å²) in [7, 11) is 0. The van der Waals surface area contributed by atoms with E-state index in [4.69, 9.17) is 0 Å². The maximum atomic E-state index is 13.4. The van der Waals surface area contributed by atoms with Crippen LogP contribution in [0.1, 0.15) is 11.1 Å². The molecular weight excluding hydrogens is 318 g/mol. The first kappa shape index (κ1) is 16.1. The average molecular weight is 326 g/mol. The van der Waals surface area contributed by atoms with Gasteiger partial charge in [-0.25, -0.2) is 8.78 Å². The maximum Gasteiger partial charge on any atom is 0.313 e. The van der Waals surface area contributed by atoms with E-state index in [9.17, 15) is 39.2 Å². The summed E-state index contributed by atoms with van der Waals surface area (Å²) in [6, 6.07) is 2.48. The molecule has 0 aliphatic rings.